The molecule has 0 N–H and O–H groups in total. The second kappa shape index (κ2) is 6.28. The Bertz CT molecular complexity index is 680. The number of nitrogens with zero attached hydrogens (tertiary/aromatic N) is 2. The van der Waals surface area contributed by atoms with Crippen LogP contribution in [0.4, 0.5) is 0 Å². The van der Waals surface area contributed by atoms with Crippen LogP contribution in [-0.2, 0) is 16.0 Å². The van der Waals surface area contributed by atoms with Crippen LogP contribution in [0.25, 0.3) is 0 Å². The molecule has 1 atom stereocenters. The molecule has 6 heteroatoms. The summed E-state index contributed by atoms with van der Waals surface area (Å²) in [4.78, 5) is 18.2. The molecular formula is C18H20N2O4. The van der Waals surface area contributed by atoms with Gasteiger partial charge in [-0.05, 0) is 24.3 Å². The van der Waals surface area contributed by atoms with Gasteiger partial charge in [-0.25, -0.2) is 0 Å². The monoisotopic (exact) mass is 328 g/mol. The molecule has 6 nitrogen and oxygen atoms in total. The molecule has 2 aliphatic heterocycles. The predicted octanol–water partition coefficient (Wildman–Crippen LogP) is 2.06. The number of likely N-dealkylation sites (tertiary alicyclic amines) is 1. The number of rotatable bonds is 4. The van der Waals surface area contributed by atoms with E-state index in [0.29, 0.717) is 31.9 Å². The van der Waals surface area contributed by atoms with Gasteiger partial charge in [-0.15, -0.1) is 0 Å². The first-order chi connectivity index (χ1) is 11.7. The van der Waals surface area contributed by atoms with Crippen LogP contribution >= 0.6 is 0 Å². The zero-order valence-corrected chi connectivity index (χ0v) is 13.4. The topological polar surface area (TPSA) is 64.8 Å². The van der Waals surface area contributed by atoms with Gasteiger partial charge in [0, 0.05) is 19.0 Å². The molecule has 0 bridgehead atoms. The van der Waals surface area contributed by atoms with E-state index in [2.05, 4.69) is 4.98 Å². The van der Waals surface area contributed by atoms with Crippen LogP contribution < -0.4 is 4.74 Å². The Morgan fingerprint density at radius 3 is 3.04 bits per heavy atom. The van der Waals surface area contributed by atoms with Gasteiger partial charge in [-0.3, -0.25) is 9.78 Å². The van der Waals surface area contributed by atoms with Crippen LogP contribution in [0, 0.1) is 0 Å². The summed E-state index contributed by atoms with van der Waals surface area (Å²) >= 11 is 0. The SMILES string of the molecule is O=C(Cc1ccco1)N1CC2(CC(Oc3cccnc3)CCO2)C1. The summed E-state index contributed by atoms with van der Waals surface area (Å²) in [6.07, 6.45) is 7.10. The normalized spacial score (nSPS) is 22.2. The summed E-state index contributed by atoms with van der Waals surface area (Å²) in [5, 5.41) is 0. The molecule has 24 heavy (non-hydrogen) atoms. The zero-order chi connectivity index (χ0) is 16.4. The Labute approximate surface area is 140 Å². The highest BCUT2D eigenvalue weighted by molar-refractivity contribution is 5.79. The van der Waals surface area contributed by atoms with Crippen molar-refractivity contribution >= 4 is 5.91 Å². The lowest BCUT2D eigenvalue weighted by molar-refractivity contribution is -0.192. The molecule has 1 unspecified atom stereocenters. The fourth-order valence-corrected chi connectivity index (χ4v) is 3.41. The summed E-state index contributed by atoms with van der Waals surface area (Å²) in [6.45, 7) is 1.91. The van der Waals surface area contributed by atoms with E-state index in [1.807, 2.05) is 23.1 Å². The summed E-state index contributed by atoms with van der Waals surface area (Å²) < 4.78 is 17.2. The Morgan fingerprint density at radius 2 is 2.29 bits per heavy atom. The molecule has 2 aromatic rings. The molecule has 0 aromatic carbocycles. The van der Waals surface area contributed by atoms with Gasteiger partial charge in [0.2, 0.25) is 5.91 Å². The number of hydrogen-bond donors (Lipinski definition) is 0. The summed E-state index contributed by atoms with van der Waals surface area (Å²) in [7, 11) is 0. The fourth-order valence-electron chi connectivity index (χ4n) is 3.41. The summed E-state index contributed by atoms with van der Waals surface area (Å²) in [5.41, 5.74) is -0.260. The van der Waals surface area contributed by atoms with E-state index in [1.54, 1.807) is 24.7 Å². The first-order valence-corrected chi connectivity index (χ1v) is 8.23. The molecule has 4 rings (SSSR count). The number of furan rings is 1. The predicted molar refractivity (Wildman–Crippen MR) is 85.6 cm³/mol. The number of pyridine rings is 1. The van der Waals surface area contributed by atoms with Gasteiger partial charge in [0.05, 0.1) is 38.6 Å². The maximum absolute atomic E-state index is 12.3. The zero-order valence-electron chi connectivity index (χ0n) is 13.4. The second-order valence-corrected chi connectivity index (χ2v) is 6.46. The van der Waals surface area contributed by atoms with Gasteiger partial charge >= 0.3 is 0 Å². The maximum Gasteiger partial charge on any atom is 0.230 e. The molecule has 126 valence electrons. The largest absolute Gasteiger partial charge is 0.489 e. The molecule has 4 heterocycles. The number of ether oxygens (including phenoxy) is 2. The molecule has 0 saturated carbocycles. The maximum atomic E-state index is 12.3. The van der Waals surface area contributed by atoms with Crippen LogP contribution in [0.1, 0.15) is 18.6 Å². The summed E-state index contributed by atoms with van der Waals surface area (Å²) in [6, 6.07) is 7.39. The van der Waals surface area contributed by atoms with E-state index in [-0.39, 0.29) is 17.6 Å². The smallest absolute Gasteiger partial charge is 0.230 e. The molecular weight excluding hydrogens is 308 g/mol. The minimum atomic E-state index is -0.260. The number of amides is 1. The molecule has 0 aliphatic carbocycles. The van der Waals surface area contributed by atoms with Gasteiger partial charge < -0.3 is 18.8 Å². The van der Waals surface area contributed by atoms with Crippen molar-refractivity contribution in [2.75, 3.05) is 19.7 Å². The van der Waals surface area contributed by atoms with Crippen LogP contribution in [-0.4, -0.2) is 47.2 Å². The number of carbonyl (C=O) groups is 1. The van der Waals surface area contributed by atoms with Crippen LogP contribution in [0.5, 0.6) is 5.75 Å². The quantitative estimate of drug-likeness (QED) is 0.859. The molecule has 2 aromatic heterocycles. The third-order valence-corrected chi connectivity index (χ3v) is 4.60. The van der Waals surface area contributed by atoms with E-state index in [1.165, 1.54) is 0 Å². The van der Waals surface area contributed by atoms with Crippen molar-refractivity contribution in [2.45, 2.75) is 31.0 Å². The molecule has 2 fully saturated rings. The molecule has 1 spiro atoms. The number of carbonyl (C=O) groups excluding carboxylic acids is 1. The number of aromatic nitrogens is 1. The molecule has 1 amide bonds. The van der Waals surface area contributed by atoms with Crippen molar-refractivity contribution in [3.05, 3.63) is 48.7 Å². The number of hydrogen-bond acceptors (Lipinski definition) is 5. The average Bonchev–Trinajstić information content (AvgIpc) is 3.06. The molecule has 2 saturated heterocycles. The van der Waals surface area contributed by atoms with Crippen molar-refractivity contribution in [1.29, 1.82) is 0 Å². The van der Waals surface area contributed by atoms with Crippen molar-refractivity contribution in [3.63, 3.8) is 0 Å². The highest BCUT2D eigenvalue weighted by Gasteiger charge is 2.49. The van der Waals surface area contributed by atoms with Crippen LogP contribution in [0.3, 0.4) is 0 Å². The minimum Gasteiger partial charge on any atom is -0.489 e. The Balaban J connectivity index is 1.31. The van der Waals surface area contributed by atoms with Gasteiger partial charge in [-0.1, -0.05) is 0 Å². The lowest BCUT2D eigenvalue weighted by Crippen LogP contribution is -2.67. The van der Waals surface area contributed by atoms with Gasteiger partial charge in [0.1, 0.15) is 23.2 Å². The van der Waals surface area contributed by atoms with E-state index >= 15 is 0 Å². The first-order valence-electron chi connectivity index (χ1n) is 8.23. The Hall–Kier alpha value is -2.34. The third kappa shape index (κ3) is 3.14. The minimum absolute atomic E-state index is 0.0782. The highest BCUT2D eigenvalue weighted by Crippen LogP contribution is 2.36. The fraction of sp³-hybridized carbons (Fsp3) is 0.444. The Kier molecular flexibility index (Phi) is 3.98. The van der Waals surface area contributed by atoms with Crippen LogP contribution in [0.2, 0.25) is 0 Å². The van der Waals surface area contributed by atoms with Crippen molar-refractivity contribution in [3.8, 4) is 5.75 Å². The Morgan fingerprint density at radius 1 is 1.38 bits per heavy atom. The van der Waals surface area contributed by atoms with E-state index < -0.39 is 0 Å². The second-order valence-electron chi connectivity index (χ2n) is 6.46. The standard InChI is InChI=1S/C18H20N2O4/c21-17(9-14-4-2-7-22-14)20-12-18(13-20)10-15(5-8-23-18)24-16-3-1-6-19-11-16/h1-4,6-7,11,15H,5,8-10,12-13H2. The molecule has 2 aliphatic rings. The van der Waals surface area contributed by atoms with Gasteiger partial charge in [-0.2, -0.15) is 0 Å². The van der Waals surface area contributed by atoms with E-state index in [4.69, 9.17) is 13.9 Å². The lowest BCUT2D eigenvalue weighted by Gasteiger charge is -2.52. The average molecular weight is 328 g/mol. The van der Waals surface area contributed by atoms with Gasteiger partial charge in [0.15, 0.2) is 0 Å². The van der Waals surface area contributed by atoms with Crippen LogP contribution in [0.15, 0.2) is 47.3 Å². The van der Waals surface area contributed by atoms with Gasteiger partial charge in [0.25, 0.3) is 0 Å². The van der Waals surface area contributed by atoms with Crippen molar-refractivity contribution in [1.82, 2.24) is 9.88 Å². The van der Waals surface area contributed by atoms with Crippen molar-refractivity contribution < 1.29 is 18.7 Å². The lowest BCUT2D eigenvalue weighted by atomic mass is 9.84. The molecule has 0 radical (unpaired) electrons. The highest BCUT2D eigenvalue weighted by atomic mass is 16.5. The van der Waals surface area contributed by atoms with Crippen molar-refractivity contribution in [2.24, 2.45) is 0 Å². The third-order valence-electron chi connectivity index (χ3n) is 4.60. The first kappa shape index (κ1) is 15.2. The van der Waals surface area contributed by atoms with E-state index in [0.717, 1.165) is 18.6 Å². The summed E-state index contributed by atoms with van der Waals surface area (Å²) in [5.74, 6) is 1.56. The van der Waals surface area contributed by atoms with E-state index in [9.17, 15) is 4.79 Å².